The number of hydrogen-bond donors (Lipinski definition) is 4. The lowest BCUT2D eigenvalue weighted by Crippen LogP contribution is -2.31. The summed E-state index contributed by atoms with van der Waals surface area (Å²) in [5.74, 6) is -2.32. The Morgan fingerprint density at radius 3 is 2.40 bits per heavy atom. The van der Waals surface area contributed by atoms with E-state index in [0.29, 0.717) is 16.8 Å². The van der Waals surface area contributed by atoms with Crippen LogP contribution in [0.25, 0.3) is 5.52 Å². The number of carbonyl (C=O) groups is 2. The van der Waals surface area contributed by atoms with E-state index < -0.39 is 48.9 Å². The van der Waals surface area contributed by atoms with Gasteiger partial charge in [0, 0.05) is 6.07 Å². The molecule has 0 aliphatic rings. The lowest BCUT2D eigenvalue weighted by molar-refractivity contribution is 0.0904. The summed E-state index contributed by atoms with van der Waals surface area (Å²) in [7, 11) is 0. The topological polar surface area (TPSA) is 164 Å². The highest BCUT2D eigenvalue weighted by molar-refractivity contribution is 6.02. The summed E-state index contributed by atoms with van der Waals surface area (Å²) in [5, 5.41) is 36.2. The van der Waals surface area contributed by atoms with Crippen molar-refractivity contribution in [1.82, 2.24) is 30.4 Å². The predicted molar refractivity (Wildman–Crippen MR) is 136 cm³/mol. The number of aryl methyl sites for hydroxylation is 2. The van der Waals surface area contributed by atoms with Gasteiger partial charge < -0.3 is 30.0 Å². The van der Waals surface area contributed by atoms with Crippen molar-refractivity contribution in [2.24, 2.45) is 5.92 Å². The molecule has 0 saturated carbocycles. The number of aliphatic hydroxyl groups excluding tert-OH is 1. The van der Waals surface area contributed by atoms with Crippen molar-refractivity contribution in [3.05, 3.63) is 76.1 Å². The molecule has 3 heterocycles. The van der Waals surface area contributed by atoms with Gasteiger partial charge in [0.15, 0.2) is 0 Å². The third-order valence-corrected chi connectivity index (χ3v) is 6.13. The first-order valence-corrected chi connectivity index (χ1v) is 12.3. The number of pyridine rings is 1. The van der Waals surface area contributed by atoms with Crippen LogP contribution in [0.5, 0.6) is 5.88 Å². The van der Waals surface area contributed by atoms with E-state index in [9.17, 15) is 23.5 Å². The van der Waals surface area contributed by atoms with Crippen molar-refractivity contribution in [1.29, 1.82) is 0 Å². The van der Waals surface area contributed by atoms with E-state index in [2.05, 4.69) is 25.9 Å². The Balaban J connectivity index is 1.60. The number of nitrogens with zero attached hydrogens (tertiary/aromatic N) is 4. The zero-order valence-electron chi connectivity index (χ0n) is 22.1. The number of rotatable bonds is 10. The molecule has 4 aromatic rings. The zero-order chi connectivity index (χ0) is 29.1. The second-order valence-corrected chi connectivity index (χ2v) is 9.48. The lowest BCUT2D eigenvalue weighted by Gasteiger charge is -2.17. The number of hydrogen-bond acceptors (Lipinski definition) is 8. The van der Waals surface area contributed by atoms with Gasteiger partial charge >= 0.3 is 6.09 Å². The number of amides is 2. The number of fused-ring (bicyclic) bond motifs is 1. The van der Waals surface area contributed by atoms with Gasteiger partial charge in [0.05, 0.1) is 28.9 Å². The van der Waals surface area contributed by atoms with E-state index in [0.717, 1.165) is 12.1 Å². The van der Waals surface area contributed by atoms with Crippen LogP contribution in [0.1, 0.15) is 64.9 Å². The van der Waals surface area contributed by atoms with Crippen LogP contribution in [0, 0.1) is 31.4 Å². The van der Waals surface area contributed by atoms with Crippen LogP contribution >= 0.6 is 0 Å². The smallest absolute Gasteiger partial charge is 0.405 e. The van der Waals surface area contributed by atoms with Gasteiger partial charge in [-0.1, -0.05) is 19.9 Å². The Morgan fingerprint density at radius 2 is 1.77 bits per heavy atom. The number of halogens is 2. The molecule has 0 aliphatic carbocycles. The van der Waals surface area contributed by atoms with E-state index >= 15 is 0 Å². The summed E-state index contributed by atoms with van der Waals surface area (Å²) >= 11 is 0. The Morgan fingerprint density at radius 1 is 1.10 bits per heavy atom. The van der Waals surface area contributed by atoms with Gasteiger partial charge in [-0.15, -0.1) is 10.2 Å². The summed E-state index contributed by atoms with van der Waals surface area (Å²) in [6, 6.07) is 4.92. The van der Waals surface area contributed by atoms with Crippen LogP contribution in [0.2, 0.25) is 0 Å². The van der Waals surface area contributed by atoms with E-state index in [4.69, 9.17) is 14.3 Å². The van der Waals surface area contributed by atoms with Crippen LogP contribution < -0.4 is 15.4 Å². The van der Waals surface area contributed by atoms with Crippen molar-refractivity contribution < 1.29 is 37.7 Å². The molecule has 0 spiro atoms. The van der Waals surface area contributed by atoms with Crippen molar-refractivity contribution in [2.45, 2.75) is 46.4 Å². The van der Waals surface area contributed by atoms with Crippen molar-refractivity contribution >= 4 is 17.5 Å². The van der Waals surface area contributed by atoms with Gasteiger partial charge in [0.1, 0.15) is 30.3 Å². The molecule has 2 amide bonds. The van der Waals surface area contributed by atoms with Crippen molar-refractivity contribution in [3.63, 3.8) is 0 Å². The number of aromatic nitrogens is 4. The molecule has 40 heavy (non-hydrogen) atoms. The van der Waals surface area contributed by atoms with Crippen LogP contribution in [0.3, 0.4) is 0 Å². The minimum Gasteiger partial charge on any atom is -0.473 e. The van der Waals surface area contributed by atoms with E-state index in [1.54, 1.807) is 39.8 Å². The molecule has 0 bridgehead atoms. The quantitative estimate of drug-likeness (QED) is 0.228. The van der Waals surface area contributed by atoms with E-state index in [1.165, 1.54) is 10.6 Å². The normalized spacial score (nSPS) is 12.9. The number of ether oxygens (including phenoxy) is 1. The maximum Gasteiger partial charge on any atom is 0.405 e. The van der Waals surface area contributed by atoms with Crippen LogP contribution in [-0.4, -0.2) is 48.6 Å². The van der Waals surface area contributed by atoms with Gasteiger partial charge in [-0.3, -0.25) is 4.79 Å². The molecule has 2 atom stereocenters. The summed E-state index contributed by atoms with van der Waals surface area (Å²) in [5.41, 5.74) is 1.28. The number of nitrogens with one attached hydrogen (secondary N) is 2. The number of carboxylic acid groups (broad SMARTS) is 1. The minimum atomic E-state index is -1.27. The third kappa shape index (κ3) is 5.86. The summed E-state index contributed by atoms with van der Waals surface area (Å²) < 4.78 is 40.8. The summed E-state index contributed by atoms with van der Waals surface area (Å²) in [4.78, 5) is 24.5. The standard InChI is InChI=1S/C26H28F2N6O6/c1-12(2)22(30-26(37)38)25-32-31-24(40-25)18(10-35)29-23(36)21-14(4)33-34-19(21)8-13(3)9-20(34)39-11-15-16(27)6-5-7-17(15)28/h5-9,12,18,22,30,35H,10-11H2,1-4H3,(H,29,36)(H,37,38)/t18-,22-/m0/s1. The molecule has 212 valence electrons. The first-order valence-electron chi connectivity index (χ1n) is 12.3. The van der Waals surface area contributed by atoms with E-state index in [1.807, 2.05) is 0 Å². The molecule has 0 aliphatic heterocycles. The number of benzene rings is 1. The second kappa shape index (κ2) is 11.7. The number of carbonyl (C=O) groups excluding carboxylic acids is 1. The second-order valence-electron chi connectivity index (χ2n) is 9.48. The van der Waals surface area contributed by atoms with Crippen LogP contribution in [-0.2, 0) is 6.61 Å². The predicted octanol–water partition coefficient (Wildman–Crippen LogP) is 3.62. The fourth-order valence-electron chi connectivity index (χ4n) is 4.13. The Labute approximate surface area is 227 Å². The fourth-order valence-corrected chi connectivity index (χ4v) is 4.13. The maximum absolute atomic E-state index is 14.1. The van der Waals surface area contributed by atoms with Gasteiger partial charge in [0.25, 0.3) is 5.91 Å². The fraction of sp³-hybridized carbons (Fsp3) is 0.346. The van der Waals surface area contributed by atoms with Crippen molar-refractivity contribution in [2.75, 3.05) is 6.61 Å². The van der Waals surface area contributed by atoms with Gasteiger partial charge in [-0.25, -0.2) is 13.6 Å². The largest absolute Gasteiger partial charge is 0.473 e. The SMILES string of the molecule is Cc1cc(OCc2c(F)cccc2F)n2nc(C)c(C(=O)N[C@@H](CO)c3nnc([C@@H](NC(=O)O)C(C)C)o3)c2c1. The van der Waals surface area contributed by atoms with Gasteiger partial charge in [-0.2, -0.15) is 9.61 Å². The maximum atomic E-state index is 14.1. The molecule has 4 rings (SSSR count). The Bertz CT molecular complexity index is 1530. The molecule has 0 saturated heterocycles. The molecule has 3 aromatic heterocycles. The summed E-state index contributed by atoms with van der Waals surface area (Å²) in [6.07, 6.45) is -1.27. The minimum absolute atomic E-state index is 0.0176. The average Bonchev–Trinajstić information content (AvgIpc) is 3.49. The van der Waals surface area contributed by atoms with Crippen LogP contribution in [0.15, 0.2) is 34.7 Å². The van der Waals surface area contributed by atoms with Gasteiger partial charge in [-0.05, 0) is 43.5 Å². The lowest BCUT2D eigenvalue weighted by atomic mass is 10.1. The third-order valence-electron chi connectivity index (χ3n) is 6.13. The zero-order valence-corrected chi connectivity index (χ0v) is 22.1. The summed E-state index contributed by atoms with van der Waals surface area (Å²) in [6.45, 7) is 5.88. The van der Waals surface area contributed by atoms with E-state index in [-0.39, 0.29) is 34.7 Å². The molecular weight excluding hydrogens is 530 g/mol. The Kier molecular flexibility index (Phi) is 8.28. The first-order chi connectivity index (χ1) is 19.0. The van der Waals surface area contributed by atoms with Crippen LogP contribution in [0.4, 0.5) is 13.6 Å². The number of aliphatic hydroxyl groups is 1. The Hall–Kier alpha value is -4.59. The molecule has 0 radical (unpaired) electrons. The molecule has 4 N–H and O–H groups in total. The van der Waals surface area contributed by atoms with Crippen molar-refractivity contribution in [3.8, 4) is 5.88 Å². The highest BCUT2D eigenvalue weighted by Gasteiger charge is 2.29. The molecule has 14 heteroatoms. The molecular formula is C26H28F2N6O6. The molecule has 1 aromatic carbocycles. The molecule has 0 fully saturated rings. The monoisotopic (exact) mass is 558 g/mol. The first kappa shape index (κ1) is 28.4. The average molecular weight is 559 g/mol. The van der Waals surface area contributed by atoms with Gasteiger partial charge in [0.2, 0.25) is 17.7 Å². The highest BCUT2D eigenvalue weighted by Crippen LogP contribution is 2.26. The molecule has 12 nitrogen and oxygen atoms in total. The highest BCUT2D eigenvalue weighted by atomic mass is 19.1. The molecule has 0 unspecified atom stereocenters.